The molecule has 0 aliphatic carbocycles. The SMILES string of the molecule is CCNC(=O)[C@@H](CC)N(Cc1cccc(C)c1)C(=O)CCCN(c1ccccc1C)S(C)(=O)=O. The van der Waals surface area contributed by atoms with Crippen molar-refractivity contribution in [2.24, 2.45) is 0 Å². The summed E-state index contributed by atoms with van der Waals surface area (Å²) in [5.74, 6) is -0.346. The van der Waals surface area contributed by atoms with Crippen LogP contribution in [-0.2, 0) is 26.2 Å². The van der Waals surface area contributed by atoms with E-state index >= 15 is 0 Å². The highest BCUT2D eigenvalue weighted by atomic mass is 32.2. The molecule has 1 atom stereocenters. The maximum atomic E-state index is 13.4. The van der Waals surface area contributed by atoms with Crippen molar-refractivity contribution in [3.8, 4) is 0 Å². The van der Waals surface area contributed by atoms with Crippen LogP contribution in [0.2, 0.25) is 0 Å². The molecule has 0 bridgehead atoms. The Bertz CT molecular complexity index is 1080. The van der Waals surface area contributed by atoms with E-state index in [1.165, 1.54) is 10.6 Å². The second-order valence-corrected chi connectivity index (χ2v) is 10.5. The van der Waals surface area contributed by atoms with Gasteiger partial charge in [-0.15, -0.1) is 0 Å². The Morgan fingerprint density at radius 3 is 2.32 bits per heavy atom. The Morgan fingerprint density at radius 1 is 1.03 bits per heavy atom. The number of hydrogen-bond donors (Lipinski definition) is 1. The minimum absolute atomic E-state index is 0.139. The second-order valence-electron chi connectivity index (χ2n) is 8.55. The molecule has 0 unspecified atom stereocenters. The smallest absolute Gasteiger partial charge is 0.242 e. The van der Waals surface area contributed by atoms with E-state index in [9.17, 15) is 18.0 Å². The fourth-order valence-electron chi connectivity index (χ4n) is 4.04. The van der Waals surface area contributed by atoms with Crippen molar-refractivity contribution in [1.82, 2.24) is 10.2 Å². The van der Waals surface area contributed by atoms with Crippen LogP contribution in [-0.4, -0.2) is 50.5 Å². The fourth-order valence-corrected chi connectivity index (χ4v) is 5.07. The number of rotatable bonds is 12. The number of benzene rings is 2. The van der Waals surface area contributed by atoms with E-state index < -0.39 is 16.1 Å². The highest BCUT2D eigenvalue weighted by Gasteiger charge is 2.28. The van der Waals surface area contributed by atoms with Crippen LogP contribution in [0.25, 0.3) is 0 Å². The minimum Gasteiger partial charge on any atom is -0.355 e. The molecule has 2 amide bonds. The van der Waals surface area contributed by atoms with Gasteiger partial charge in [-0.25, -0.2) is 8.42 Å². The summed E-state index contributed by atoms with van der Waals surface area (Å²) in [6.07, 6.45) is 2.14. The number of sulfonamides is 1. The molecule has 0 saturated carbocycles. The third kappa shape index (κ3) is 7.58. The van der Waals surface area contributed by atoms with Gasteiger partial charge < -0.3 is 10.2 Å². The Morgan fingerprint density at radius 2 is 1.74 bits per heavy atom. The number of carbonyl (C=O) groups excluding carboxylic acids is 2. The summed E-state index contributed by atoms with van der Waals surface area (Å²) < 4.78 is 26.3. The zero-order chi connectivity index (χ0) is 25.3. The van der Waals surface area contributed by atoms with Crippen LogP contribution < -0.4 is 9.62 Å². The molecule has 7 nitrogen and oxygen atoms in total. The lowest BCUT2D eigenvalue weighted by Crippen LogP contribution is -2.49. The van der Waals surface area contributed by atoms with Crippen molar-refractivity contribution >= 4 is 27.5 Å². The lowest BCUT2D eigenvalue weighted by atomic mass is 10.1. The zero-order valence-corrected chi connectivity index (χ0v) is 21.7. The quantitative estimate of drug-likeness (QED) is 0.493. The lowest BCUT2D eigenvalue weighted by molar-refractivity contribution is -0.141. The molecular formula is C26H37N3O4S. The van der Waals surface area contributed by atoms with Crippen molar-refractivity contribution < 1.29 is 18.0 Å². The highest BCUT2D eigenvalue weighted by Crippen LogP contribution is 2.23. The summed E-state index contributed by atoms with van der Waals surface area (Å²) in [5, 5.41) is 2.83. The van der Waals surface area contributed by atoms with Gasteiger partial charge in [0.25, 0.3) is 0 Å². The van der Waals surface area contributed by atoms with E-state index in [2.05, 4.69) is 5.32 Å². The molecule has 2 aromatic rings. The molecular weight excluding hydrogens is 450 g/mol. The first-order chi connectivity index (χ1) is 16.1. The van der Waals surface area contributed by atoms with Crippen molar-refractivity contribution in [2.45, 2.75) is 59.5 Å². The molecule has 2 rings (SSSR count). The van der Waals surface area contributed by atoms with E-state index in [0.717, 1.165) is 16.7 Å². The molecule has 2 aromatic carbocycles. The average Bonchev–Trinajstić information content (AvgIpc) is 2.76. The van der Waals surface area contributed by atoms with E-state index in [1.807, 2.05) is 64.1 Å². The third-order valence-corrected chi connectivity index (χ3v) is 6.89. The van der Waals surface area contributed by atoms with Gasteiger partial charge in [-0.1, -0.05) is 55.0 Å². The van der Waals surface area contributed by atoms with Crippen LogP contribution in [0.4, 0.5) is 5.69 Å². The first-order valence-electron chi connectivity index (χ1n) is 11.7. The molecule has 34 heavy (non-hydrogen) atoms. The molecule has 0 spiro atoms. The number of hydrogen-bond acceptors (Lipinski definition) is 4. The minimum atomic E-state index is -3.51. The Balaban J connectivity index is 2.21. The largest absolute Gasteiger partial charge is 0.355 e. The number of amides is 2. The van der Waals surface area contributed by atoms with Gasteiger partial charge in [-0.2, -0.15) is 0 Å². The summed E-state index contributed by atoms with van der Waals surface area (Å²) in [6, 6.07) is 14.6. The predicted molar refractivity (Wildman–Crippen MR) is 137 cm³/mol. The monoisotopic (exact) mass is 487 g/mol. The van der Waals surface area contributed by atoms with Crippen LogP contribution in [0.15, 0.2) is 48.5 Å². The molecule has 0 aliphatic rings. The number of aryl methyl sites for hydroxylation is 2. The van der Waals surface area contributed by atoms with E-state index in [0.29, 0.717) is 31.6 Å². The number of anilines is 1. The Kier molecular flexibility index (Phi) is 10.1. The van der Waals surface area contributed by atoms with E-state index in [1.54, 1.807) is 17.0 Å². The summed E-state index contributed by atoms with van der Waals surface area (Å²) in [5.41, 5.74) is 3.50. The molecule has 0 heterocycles. The lowest BCUT2D eigenvalue weighted by Gasteiger charge is -2.31. The number of para-hydroxylation sites is 1. The van der Waals surface area contributed by atoms with Gasteiger partial charge in [0.15, 0.2) is 0 Å². The normalized spacial score (nSPS) is 12.1. The molecule has 0 aromatic heterocycles. The van der Waals surface area contributed by atoms with Crippen LogP contribution in [0.3, 0.4) is 0 Å². The van der Waals surface area contributed by atoms with Gasteiger partial charge in [0.1, 0.15) is 6.04 Å². The van der Waals surface area contributed by atoms with Crippen molar-refractivity contribution in [3.63, 3.8) is 0 Å². The molecule has 8 heteroatoms. The third-order valence-electron chi connectivity index (χ3n) is 5.71. The predicted octanol–water partition coefficient (Wildman–Crippen LogP) is 3.79. The van der Waals surface area contributed by atoms with Gasteiger partial charge in [0.05, 0.1) is 11.9 Å². The standard InChI is InChI=1S/C26H37N3O4S/c1-6-23(26(31)27-7-2)28(19-22-14-10-12-20(3)18-22)25(30)16-11-17-29(34(5,32)33)24-15-9-8-13-21(24)4/h8-10,12-15,18,23H,6-7,11,16-17,19H2,1-5H3,(H,27,31)/t23-/m1/s1. The maximum absolute atomic E-state index is 13.4. The van der Waals surface area contributed by atoms with Gasteiger partial charge in [-0.05, 0) is 50.8 Å². The van der Waals surface area contributed by atoms with Crippen molar-refractivity contribution in [2.75, 3.05) is 23.7 Å². The molecule has 1 N–H and O–H groups in total. The summed E-state index contributed by atoms with van der Waals surface area (Å²) in [7, 11) is -3.51. The number of nitrogens with one attached hydrogen (secondary N) is 1. The van der Waals surface area contributed by atoms with Gasteiger partial charge >= 0.3 is 0 Å². The summed E-state index contributed by atoms with van der Waals surface area (Å²) >= 11 is 0. The van der Waals surface area contributed by atoms with Crippen LogP contribution >= 0.6 is 0 Å². The first kappa shape index (κ1) is 27.4. The topological polar surface area (TPSA) is 86.8 Å². The maximum Gasteiger partial charge on any atom is 0.242 e. The molecule has 0 aliphatic heterocycles. The number of carbonyl (C=O) groups is 2. The van der Waals surface area contributed by atoms with E-state index in [-0.39, 0.29) is 24.8 Å². The van der Waals surface area contributed by atoms with Gasteiger partial charge in [0.2, 0.25) is 21.8 Å². The number of nitrogens with zero attached hydrogens (tertiary/aromatic N) is 2. The fraction of sp³-hybridized carbons (Fsp3) is 0.462. The van der Waals surface area contributed by atoms with Crippen LogP contribution in [0.1, 0.15) is 49.8 Å². The van der Waals surface area contributed by atoms with Gasteiger partial charge in [-0.3, -0.25) is 13.9 Å². The molecule has 0 fully saturated rings. The number of likely N-dealkylation sites (N-methyl/N-ethyl adjacent to an activating group) is 1. The Hall–Kier alpha value is -2.87. The Labute approximate surface area is 204 Å². The molecule has 0 saturated heterocycles. The highest BCUT2D eigenvalue weighted by molar-refractivity contribution is 7.92. The summed E-state index contributed by atoms with van der Waals surface area (Å²) in [6.45, 7) is 8.59. The second kappa shape index (κ2) is 12.6. The van der Waals surface area contributed by atoms with Crippen LogP contribution in [0.5, 0.6) is 0 Å². The molecule has 0 radical (unpaired) electrons. The van der Waals surface area contributed by atoms with Crippen molar-refractivity contribution in [3.05, 3.63) is 65.2 Å². The van der Waals surface area contributed by atoms with Gasteiger partial charge in [0, 0.05) is 26.1 Å². The van der Waals surface area contributed by atoms with Crippen LogP contribution in [0, 0.1) is 13.8 Å². The average molecular weight is 488 g/mol. The molecule has 186 valence electrons. The van der Waals surface area contributed by atoms with Crippen molar-refractivity contribution in [1.29, 1.82) is 0 Å². The summed E-state index contributed by atoms with van der Waals surface area (Å²) in [4.78, 5) is 27.7. The first-order valence-corrected chi connectivity index (χ1v) is 13.6. The van der Waals surface area contributed by atoms with E-state index in [4.69, 9.17) is 0 Å². The zero-order valence-electron chi connectivity index (χ0n) is 20.9.